The Morgan fingerprint density at radius 1 is 1.00 bits per heavy atom. The number of aromatic amines is 1. The Hall–Kier alpha value is -3.08. The van der Waals surface area contributed by atoms with Crippen LogP contribution >= 0.6 is 0 Å². The predicted molar refractivity (Wildman–Crippen MR) is 104 cm³/mol. The number of nitrogens with one attached hydrogen (secondary N) is 3. The Bertz CT molecular complexity index is 887. The zero-order valence-electron chi connectivity index (χ0n) is 14.8. The van der Waals surface area contributed by atoms with Gasteiger partial charge in [0.25, 0.3) is 0 Å². The lowest BCUT2D eigenvalue weighted by molar-refractivity contribution is 0.309. The van der Waals surface area contributed by atoms with Crippen molar-refractivity contribution in [1.82, 2.24) is 4.98 Å². The Labute approximate surface area is 153 Å². The molecule has 0 aliphatic carbocycles. The summed E-state index contributed by atoms with van der Waals surface area (Å²) < 4.78 is 5.76. The molecule has 2 heterocycles. The van der Waals surface area contributed by atoms with Crippen molar-refractivity contribution in [2.45, 2.75) is 25.8 Å². The molecule has 2 aromatic carbocycles. The van der Waals surface area contributed by atoms with Crippen molar-refractivity contribution in [3.05, 3.63) is 65.9 Å². The van der Waals surface area contributed by atoms with E-state index < -0.39 is 0 Å². The van der Waals surface area contributed by atoms with Gasteiger partial charge in [0, 0.05) is 6.20 Å². The molecule has 5 heteroatoms. The second-order valence-corrected chi connectivity index (χ2v) is 6.48. The maximum Gasteiger partial charge on any atom is 0.196 e. The molecule has 0 saturated heterocycles. The molecule has 0 spiro atoms. The van der Waals surface area contributed by atoms with Gasteiger partial charge in [-0.25, -0.2) is 0 Å². The molecule has 0 amide bonds. The van der Waals surface area contributed by atoms with Crippen LogP contribution in [0.5, 0.6) is 11.6 Å². The number of unbranched alkanes of at least 4 members (excludes halogenated alkanes) is 1. The summed E-state index contributed by atoms with van der Waals surface area (Å²) in [7, 11) is 0. The number of H-pyrrole nitrogens is 1. The summed E-state index contributed by atoms with van der Waals surface area (Å²) in [4.78, 5) is 2.91. The second kappa shape index (κ2) is 7.04. The van der Waals surface area contributed by atoms with Crippen molar-refractivity contribution < 1.29 is 9.84 Å². The number of para-hydroxylation sites is 2. The molecule has 1 aliphatic rings. The highest BCUT2D eigenvalue weighted by Gasteiger charge is 2.27. The Balaban J connectivity index is 1.67. The van der Waals surface area contributed by atoms with Gasteiger partial charge in [-0.15, -0.1) is 0 Å². The van der Waals surface area contributed by atoms with Crippen LogP contribution in [-0.2, 0) is 0 Å². The van der Waals surface area contributed by atoms with Crippen molar-refractivity contribution in [3.8, 4) is 11.6 Å². The molecule has 4 N–H and O–H groups in total. The van der Waals surface area contributed by atoms with Gasteiger partial charge in [-0.05, 0) is 36.2 Å². The van der Waals surface area contributed by atoms with Crippen LogP contribution in [0.3, 0.4) is 0 Å². The molecule has 3 aromatic rings. The standard InChI is InChI=1S/C21H23N3O2/c1-2-3-12-26-15-10-8-14(9-11-15)20-19-18(13-22-21(19)25)23-16-6-4-5-7-17(16)24-20/h4-11,13,20,22-25H,2-3,12H2,1H3. The van der Waals surface area contributed by atoms with E-state index in [1.807, 2.05) is 48.5 Å². The van der Waals surface area contributed by atoms with Gasteiger partial charge in [-0.3, -0.25) is 0 Å². The molecule has 1 aliphatic heterocycles. The van der Waals surface area contributed by atoms with Crippen LogP contribution in [0.2, 0.25) is 0 Å². The molecule has 26 heavy (non-hydrogen) atoms. The summed E-state index contributed by atoms with van der Waals surface area (Å²) in [6.07, 6.45) is 3.96. The summed E-state index contributed by atoms with van der Waals surface area (Å²) in [5.41, 5.74) is 4.71. The van der Waals surface area contributed by atoms with Gasteiger partial charge in [0.05, 0.1) is 35.3 Å². The molecule has 5 nitrogen and oxygen atoms in total. The topological polar surface area (TPSA) is 69.3 Å². The first-order valence-electron chi connectivity index (χ1n) is 9.02. The highest BCUT2D eigenvalue weighted by atomic mass is 16.5. The summed E-state index contributed by atoms with van der Waals surface area (Å²) in [5, 5.41) is 17.3. The molecular formula is C21H23N3O2. The van der Waals surface area contributed by atoms with Crippen LogP contribution in [-0.4, -0.2) is 16.7 Å². The van der Waals surface area contributed by atoms with E-state index in [1.165, 1.54) is 0 Å². The van der Waals surface area contributed by atoms with E-state index in [9.17, 15) is 5.11 Å². The minimum Gasteiger partial charge on any atom is -0.494 e. The lowest BCUT2D eigenvalue weighted by Crippen LogP contribution is -2.11. The third kappa shape index (κ3) is 3.08. The third-order valence-corrected chi connectivity index (χ3v) is 4.66. The van der Waals surface area contributed by atoms with Gasteiger partial charge in [-0.2, -0.15) is 0 Å². The van der Waals surface area contributed by atoms with Crippen molar-refractivity contribution in [2.75, 3.05) is 17.2 Å². The lowest BCUT2D eigenvalue weighted by atomic mass is 9.99. The fourth-order valence-corrected chi connectivity index (χ4v) is 3.25. The smallest absolute Gasteiger partial charge is 0.196 e. The minimum absolute atomic E-state index is 0.168. The second-order valence-electron chi connectivity index (χ2n) is 6.48. The first-order valence-corrected chi connectivity index (χ1v) is 9.02. The van der Waals surface area contributed by atoms with Crippen molar-refractivity contribution in [3.63, 3.8) is 0 Å². The third-order valence-electron chi connectivity index (χ3n) is 4.66. The Morgan fingerprint density at radius 2 is 1.77 bits per heavy atom. The number of benzene rings is 2. The maximum atomic E-state index is 10.4. The molecule has 4 rings (SSSR count). The maximum absolute atomic E-state index is 10.4. The van der Waals surface area contributed by atoms with Crippen LogP contribution < -0.4 is 15.4 Å². The van der Waals surface area contributed by atoms with Gasteiger partial charge < -0.3 is 25.5 Å². The zero-order chi connectivity index (χ0) is 17.9. The largest absolute Gasteiger partial charge is 0.494 e. The predicted octanol–water partition coefficient (Wildman–Crippen LogP) is 5.16. The fraction of sp³-hybridized carbons (Fsp3) is 0.238. The quantitative estimate of drug-likeness (QED) is 0.480. The van der Waals surface area contributed by atoms with E-state index >= 15 is 0 Å². The van der Waals surface area contributed by atoms with Gasteiger partial charge in [-0.1, -0.05) is 37.6 Å². The van der Waals surface area contributed by atoms with Crippen LogP contribution in [0, 0.1) is 0 Å². The van der Waals surface area contributed by atoms with Gasteiger partial charge in [0.1, 0.15) is 5.75 Å². The fourth-order valence-electron chi connectivity index (χ4n) is 3.25. The number of fused-ring (bicyclic) bond motifs is 2. The summed E-state index contributed by atoms with van der Waals surface area (Å²) in [5.74, 6) is 1.04. The molecule has 1 unspecified atom stereocenters. The van der Waals surface area contributed by atoms with E-state index in [4.69, 9.17) is 4.74 Å². The van der Waals surface area contributed by atoms with E-state index in [2.05, 4.69) is 22.5 Å². The van der Waals surface area contributed by atoms with E-state index in [0.717, 1.165) is 53.4 Å². The Morgan fingerprint density at radius 3 is 2.54 bits per heavy atom. The van der Waals surface area contributed by atoms with Crippen LogP contribution in [0.4, 0.5) is 17.1 Å². The van der Waals surface area contributed by atoms with Crippen LogP contribution in [0.1, 0.15) is 36.9 Å². The van der Waals surface area contributed by atoms with Crippen molar-refractivity contribution in [1.29, 1.82) is 0 Å². The molecular weight excluding hydrogens is 326 g/mol. The number of ether oxygens (including phenoxy) is 1. The normalized spacial score (nSPS) is 15.2. The van der Waals surface area contributed by atoms with Crippen molar-refractivity contribution in [2.24, 2.45) is 0 Å². The SMILES string of the molecule is CCCCOc1ccc(C2Nc3ccccc3Nc3c[nH]c(O)c32)cc1. The lowest BCUT2D eigenvalue weighted by Gasteiger charge is -2.19. The van der Waals surface area contributed by atoms with Crippen LogP contribution in [0.25, 0.3) is 0 Å². The van der Waals surface area contributed by atoms with Gasteiger partial charge in [0.15, 0.2) is 5.88 Å². The molecule has 0 fully saturated rings. The molecule has 0 bridgehead atoms. The summed E-state index contributed by atoms with van der Waals surface area (Å²) in [6, 6.07) is 15.9. The monoisotopic (exact) mass is 349 g/mol. The molecule has 0 saturated carbocycles. The number of anilines is 3. The van der Waals surface area contributed by atoms with Crippen LogP contribution in [0.15, 0.2) is 54.7 Å². The molecule has 134 valence electrons. The average Bonchev–Trinajstić information content (AvgIpc) is 2.93. The number of hydrogen-bond acceptors (Lipinski definition) is 4. The summed E-state index contributed by atoms with van der Waals surface area (Å²) in [6.45, 7) is 2.88. The first-order chi connectivity index (χ1) is 12.8. The Kier molecular flexibility index (Phi) is 4.44. The number of aromatic nitrogens is 1. The highest BCUT2D eigenvalue weighted by Crippen LogP contribution is 2.43. The average molecular weight is 349 g/mol. The molecule has 1 aromatic heterocycles. The minimum atomic E-state index is -0.169. The number of hydrogen-bond donors (Lipinski definition) is 4. The molecule has 1 atom stereocenters. The highest BCUT2D eigenvalue weighted by molar-refractivity contribution is 5.80. The van der Waals surface area contributed by atoms with Gasteiger partial charge >= 0.3 is 0 Å². The van der Waals surface area contributed by atoms with E-state index in [0.29, 0.717) is 0 Å². The summed E-state index contributed by atoms with van der Waals surface area (Å²) >= 11 is 0. The van der Waals surface area contributed by atoms with E-state index in [1.54, 1.807) is 6.20 Å². The number of rotatable bonds is 5. The van der Waals surface area contributed by atoms with Gasteiger partial charge in [0.2, 0.25) is 0 Å². The zero-order valence-corrected chi connectivity index (χ0v) is 14.8. The number of aromatic hydroxyl groups is 1. The van der Waals surface area contributed by atoms with Crippen molar-refractivity contribution >= 4 is 17.1 Å². The van der Waals surface area contributed by atoms with E-state index in [-0.39, 0.29) is 11.9 Å². The molecule has 0 radical (unpaired) electrons. The first kappa shape index (κ1) is 16.4.